The number of halogens is 1. The summed E-state index contributed by atoms with van der Waals surface area (Å²) in [4.78, 5) is 19.7. The summed E-state index contributed by atoms with van der Waals surface area (Å²) in [6, 6.07) is 1.67. The highest BCUT2D eigenvalue weighted by molar-refractivity contribution is 7.15. The summed E-state index contributed by atoms with van der Waals surface area (Å²) in [5.74, 6) is 0.787. The van der Waals surface area contributed by atoms with Crippen LogP contribution in [0.3, 0.4) is 0 Å². The fourth-order valence-electron chi connectivity index (χ4n) is 2.84. The molecule has 3 heterocycles. The highest BCUT2D eigenvalue weighted by Gasteiger charge is 2.19. The lowest BCUT2D eigenvalue weighted by molar-refractivity contribution is 0.175. The number of nitrogens with one attached hydrogen (secondary N) is 1. The van der Waals surface area contributed by atoms with Gasteiger partial charge < -0.3 is 5.32 Å². The Hall–Kier alpha value is -0.950. The summed E-state index contributed by atoms with van der Waals surface area (Å²) >= 11 is 1.51. The number of aromatic nitrogens is 2. The first-order valence-corrected chi connectivity index (χ1v) is 7.97. The van der Waals surface area contributed by atoms with E-state index < -0.39 is 0 Å². The van der Waals surface area contributed by atoms with Crippen LogP contribution in [0.2, 0.25) is 0 Å². The third kappa shape index (κ3) is 3.83. The maximum absolute atomic E-state index is 11.9. The lowest BCUT2D eigenvalue weighted by atomic mass is 9.97. The molecule has 1 aliphatic rings. The van der Waals surface area contributed by atoms with Crippen LogP contribution < -0.4 is 10.9 Å². The zero-order valence-electron chi connectivity index (χ0n) is 12.1. The SMILES string of the molecule is CNCC1CCN(Cc2cc(=O)n3ccsc3n2)CC1.Cl. The van der Waals surface area contributed by atoms with Gasteiger partial charge in [-0.15, -0.1) is 23.7 Å². The Morgan fingerprint density at radius 2 is 2.19 bits per heavy atom. The van der Waals surface area contributed by atoms with Gasteiger partial charge in [-0.1, -0.05) is 0 Å². The monoisotopic (exact) mass is 328 g/mol. The summed E-state index contributed by atoms with van der Waals surface area (Å²) in [6.45, 7) is 4.08. The van der Waals surface area contributed by atoms with Gasteiger partial charge in [0, 0.05) is 24.2 Å². The van der Waals surface area contributed by atoms with Crippen LogP contribution in [0.5, 0.6) is 0 Å². The Kier molecular flexibility index (Phi) is 5.75. The third-order valence-corrected chi connectivity index (χ3v) is 4.70. The highest BCUT2D eigenvalue weighted by Crippen LogP contribution is 2.18. The normalized spacial score (nSPS) is 17.0. The molecule has 0 atom stereocenters. The second-order valence-electron chi connectivity index (χ2n) is 5.42. The Labute approximate surface area is 134 Å². The van der Waals surface area contributed by atoms with Crippen LogP contribution in [0, 0.1) is 5.92 Å². The summed E-state index contributed by atoms with van der Waals surface area (Å²) in [5, 5.41) is 5.15. The van der Waals surface area contributed by atoms with Gasteiger partial charge in [-0.05, 0) is 45.4 Å². The van der Waals surface area contributed by atoms with E-state index >= 15 is 0 Å². The lowest BCUT2D eigenvalue weighted by Gasteiger charge is -2.31. The van der Waals surface area contributed by atoms with E-state index in [1.165, 1.54) is 24.2 Å². The van der Waals surface area contributed by atoms with Gasteiger partial charge in [0.2, 0.25) is 0 Å². The molecule has 116 valence electrons. The molecule has 1 fully saturated rings. The van der Waals surface area contributed by atoms with Crippen molar-refractivity contribution < 1.29 is 0 Å². The molecule has 0 aliphatic carbocycles. The summed E-state index contributed by atoms with van der Waals surface area (Å²) in [5.41, 5.74) is 0.917. The molecule has 2 aromatic heterocycles. The van der Waals surface area contributed by atoms with Gasteiger partial charge in [0.1, 0.15) is 0 Å². The minimum Gasteiger partial charge on any atom is -0.319 e. The van der Waals surface area contributed by atoms with E-state index in [2.05, 4.69) is 15.2 Å². The van der Waals surface area contributed by atoms with Crippen LogP contribution in [0.15, 0.2) is 22.4 Å². The summed E-state index contributed by atoms with van der Waals surface area (Å²) < 4.78 is 1.60. The molecule has 0 aromatic carbocycles. The standard InChI is InChI=1S/C14H20N4OS.ClH/c1-15-9-11-2-4-17(5-3-11)10-12-8-13(19)18-6-7-20-14(18)16-12;/h6-8,11,15H,2-5,9-10H2,1H3;1H. The van der Waals surface area contributed by atoms with E-state index in [4.69, 9.17) is 0 Å². The van der Waals surface area contributed by atoms with Crippen LogP contribution in [0.25, 0.3) is 4.96 Å². The number of thiazole rings is 1. The minimum atomic E-state index is 0. The molecule has 7 heteroatoms. The van der Waals surface area contributed by atoms with Crippen LogP contribution in [-0.2, 0) is 6.54 Å². The molecular weight excluding hydrogens is 308 g/mol. The molecule has 3 rings (SSSR count). The van der Waals surface area contributed by atoms with Crippen LogP contribution in [0.4, 0.5) is 0 Å². The van der Waals surface area contributed by atoms with Crippen molar-refractivity contribution in [2.45, 2.75) is 19.4 Å². The number of hydrogen-bond donors (Lipinski definition) is 1. The van der Waals surface area contributed by atoms with E-state index in [0.29, 0.717) is 0 Å². The average molecular weight is 329 g/mol. The molecule has 1 N–H and O–H groups in total. The molecule has 0 radical (unpaired) electrons. The molecule has 0 spiro atoms. The number of piperidine rings is 1. The zero-order chi connectivity index (χ0) is 13.9. The maximum Gasteiger partial charge on any atom is 0.258 e. The number of rotatable bonds is 4. The fraction of sp³-hybridized carbons (Fsp3) is 0.571. The Balaban J connectivity index is 0.00000161. The van der Waals surface area contributed by atoms with Crippen molar-refractivity contribution in [3.05, 3.63) is 33.7 Å². The predicted molar refractivity (Wildman–Crippen MR) is 88.5 cm³/mol. The topological polar surface area (TPSA) is 49.6 Å². The molecule has 0 bridgehead atoms. The van der Waals surface area contributed by atoms with E-state index in [1.807, 2.05) is 12.4 Å². The molecule has 0 amide bonds. The molecule has 1 saturated heterocycles. The molecule has 0 unspecified atom stereocenters. The Bertz CT molecular complexity index is 633. The van der Waals surface area contributed by atoms with E-state index in [1.54, 1.807) is 16.7 Å². The quantitative estimate of drug-likeness (QED) is 0.926. The van der Waals surface area contributed by atoms with E-state index in [0.717, 1.165) is 42.8 Å². The first-order chi connectivity index (χ1) is 9.76. The van der Waals surface area contributed by atoms with Gasteiger partial charge in [0.05, 0.1) is 5.69 Å². The first kappa shape index (κ1) is 16.4. The van der Waals surface area contributed by atoms with E-state index in [-0.39, 0.29) is 18.0 Å². The largest absolute Gasteiger partial charge is 0.319 e. The Morgan fingerprint density at radius 3 is 2.90 bits per heavy atom. The van der Waals surface area contributed by atoms with Gasteiger partial charge in [-0.3, -0.25) is 14.1 Å². The van der Waals surface area contributed by atoms with Gasteiger partial charge in [0.25, 0.3) is 5.56 Å². The number of likely N-dealkylation sites (tertiary alicyclic amines) is 1. The molecule has 1 aliphatic heterocycles. The number of fused-ring (bicyclic) bond motifs is 1. The predicted octanol–water partition coefficient (Wildman–Crippen LogP) is 1.61. The highest BCUT2D eigenvalue weighted by atomic mass is 35.5. The molecule has 5 nitrogen and oxygen atoms in total. The Morgan fingerprint density at radius 1 is 1.43 bits per heavy atom. The smallest absolute Gasteiger partial charge is 0.258 e. The average Bonchev–Trinajstić information content (AvgIpc) is 2.90. The zero-order valence-corrected chi connectivity index (χ0v) is 13.8. The van der Waals surface area contributed by atoms with Crippen molar-refractivity contribution in [2.75, 3.05) is 26.7 Å². The summed E-state index contributed by atoms with van der Waals surface area (Å²) in [6.07, 6.45) is 4.23. The number of hydrogen-bond acceptors (Lipinski definition) is 5. The van der Waals surface area contributed by atoms with Crippen molar-refractivity contribution >= 4 is 28.7 Å². The van der Waals surface area contributed by atoms with Crippen molar-refractivity contribution in [3.8, 4) is 0 Å². The van der Waals surface area contributed by atoms with Gasteiger partial charge >= 0.3 is 0 Å². The summed E-state index contributed by atoms with van der Waals surface area (Å²) in [7, 11) is 2.01. The van der Waals surface area contributed by atoms with Gasteiger partial charge in [0.15, 0.2) is 4.96 Å². The second-order valence-corrected chi connectivity index (χ2v) is 6.29. The first-order valence-electron chi connectivity index (χ1n) is 7.09. The molecule has 0 saturated carbocycles. The van der Waals surface area contributed by atoms with Crippen molar-refractivity contribution in [3.63, 3.8) is 0 Å². The van der Waals surface area contributed by atoms with Crippen molar-refractivity contribution in [2.24, 2.45) is 5.92 Å². The minimum absolute atomic E-state index is 0. The molecule has 21 heavy (non-hydrogen) atoms. The second kappa shape index (κ2) is 7.35. The third-order valence-electron chi connectivity index (χ3n) is 3.94. The van der Waals surface area contributed by atoms with Gasteiger partial charge in [-0.25, -0.2) is 4.98 Å². The van der Waals surface area contributed by atoms with Crippen LogP contribution in [-0.4, -0.2) is 41.0 Å². The lowest BCUT2D eigenvalue weighted by Crippen LogP contribution is -2.36. The van der Waals surface area contributed by atoms with Crippen LogP contribution >= 0.6 is 23.7 Å². The molecule has 2 aromatic rings. The maximum atomic E-state index is 11.9. The molecular formula is C14H21ClN4OS. The van der Waals surface area contributed by atoms with Crippen molar-refractivity contribution in [1.82, 2.24) is 19.6 Å². The van der Waals surface area contributed by atoms with Gasteiger partial charge in [-0.2, -0.15) is 0 Å². The fourth-order valence-corrected chi connectivity index (χ4v) is 3.57. The number of nitrogens with zero attached hydrogens (tertiary/aromatic N) is 3. The van der Waals surface area contributed by atoms with E-state index in [9.17, 15) is 4.79 Å². The van der Waals surface area contributed by atoms with Crippen molar-refractivity contribution in [1.29, 1.82) is 0 Å². The van der Waals surface area contributed by atoms with Crippen LogP contribution in [0.1, 0.15) is 18.5 Å².